The Morgan fingerprint density at radius 1 is 1.29 bits per heavy atom. The topological polar surface area (TPSA) is 95.4 Å². The summed E-state index contributed by atoms with van der Waals surface area (Å²) >= 11 is 0. The fourth-order valence-electron chi connectivity index (χ4n) is 2.97. The molecule has 2 amide bonds. The normalized spacial score (nSPS) is 18.6. The van der Waals surface area contributed by atoms with Crippen molar-refractivity contribution in [3.8, 4) is 0 Å². The highest BCUT2D eigenvalue weighted by molar-refractivity contribution is 5.90. The lowest BCUT2D eigenvalue weighted by Gasteiger charge is -2.32. The summed E-state index contributed by atoms with van der Waals surface area (Å²) < 4.78 is 1.74. The number of nitrogens with one attached hydrogen (secondary N) is 2. The number of carbonyl (C=O) groups excluding carboxylic acids is 2. The predicted molar refractivity (Wildman–Crippen MR) is 88.8 cm³/mol. The number of carbonyl (C=O) groups is 2. The molecule has 2 N–H and O–H groups in total. The van der Waals surface area contributed by atoms with Gasteiger partial charge in [-0.1, -0.05) is 0 Å². The summed E-state index contributed by atoms with van der Waals surface area (Å²) in [4.78, 5) is 32.1. The average Bonchev–Trinajstić information content (AvgIpc) is 3.00. The standard InChI is InChI=1S/C15H25N7O2/c1-20(2)12(23)10-21-8-4-11(5-9-21)17-14(24)13-18-15-16-6-3-7-22(15)19-13/h11H,3-10H2,1-2H3,(H,17,24)(H,16,18,19). The van der Waals surface area contributed by atoms with E-state index in [0.717, 1.165) is 45.4 Å². The van der Waals surface area contributed by atoms with Crippen LogP contribution in [0.5, 0.6) is 0 Å². The summed E-state index contributed by atoms with van der Waals surface area (Å²) in [6, 6.07) is 0.108. The van der Waals surface area contributed by atoms with Gasteiger partial charge in [0, 0.05) is 46.3 Å². The molecule has 24 heavy (non-hydrogen) atoms. The van der Waals surface area contributed by atoms with Gasteiger partial charge in [0.15, 0.2) is 0 Å². The van der Waals surface area contributed by atoms with Crippen LogP contribution in [0, 0.1) is 0 Å². The summed E-state index contributed by atoms with van der Waals surface area (Å²) in [6.45, 7) is 3.71. The summed E-state index contributed by atoms with van der Waals surface area (Å²) in [7, 11) is 3.53. The van der Waals surface area contributed by atoms with Gasteiger partial charge in [0.2, 0.25) is 17.7 Å². The van der Waals surface area contributed by atoms with Crippen molar-refractivity contribution < 1.29 is 9.59 Å². The zero-order valence-electron chi connectivity index (χ0n) is 14.3. The van der Waals surface area contributed by atoms with Crippen LogP contribution >= 0.6 is 0 Å². The molecule has 1 saturated heterocycles. The van der Waals surface area contributed by atoms with Crippen LogP contribution in [0.3, 0.4) is 0 Å². The molecule has 0 aromatic carbocycles. The first-order valence-electron chi connectivity index (χ1n) is 8.45. The molecule has 1 aromatic heterocycles. The number of amides is 2. The van der Waals surface area contributed by atoms with Gasteiger partial charge in [-0.05, 0) is 19.3 Å². The molecule has 0 saturated carbocycles. The van der Waals surface area contributed by atoms with E-state index in [4.69, 9.17) is 0 Å². The second-order valence-corrected chi connectivity index (χ2v) is 6.57. The van der Waals surface area contributed by atoms with Gasteiger partial charge >= 0.3 is 0 Å². The molecule has 1 fully saturated rings. The van der Waals surface area contributed by atoms with Crippen LogP contribution in [0.15, 0.2) is 0 Å². The van der Waals surface area contributed by atoms with Crippen molar-refractivity contribution in [1.29, 1.82) is 0 Å². The second kappa shape index (κ2) is 7.16. The lowest BCUT2D eigenvalue weighted by Crippen LogP contribution is -2.47. The molecule has 0 aliphatic carbocycles. The van der Waals surface area contributed by atoms with E-state index in [2.05, 4.69) is 25.6 Å². The van der Waals surface area contributed by atoms with Gasteiger partial charge < -0.3 is 15.5 Å². The molecule has 9 nitrogen and oxygen atoms in total. The Labute approximate surface area is 141 Å². The second-order valence-electron chi connectivity index (χ2n) is 6.57. The number of hydrogen-bond acceptors (Lipinski definition) is 6. The highest BCUT2D eigenvalue weighted by Gasteiger charge is 2.25. The van der Waals surface area contributed by atoms with Crippen molar-refractivity contribution in [2.45, 2.75) is 31.8 Å². The third-order valence-corrected chi connectivity index (χ3v) is 4.49. The first kappa shape index (κ1) is 16.7. The van der Waals surface area contributed by atoms with E-state index < -0.39 is 0 Å². The number of likely N-dealkylation sites (tertiary alicyclic amines) is 1. The summed E-state index contributed by atoms with van der Waals surface area (Å²) in [5.74, 6) is 0.785. The van der Waals surface area contributed by atoms with E-state index >= 15 is 0 Å². The molecular weight excluding hydrogens is 310 g/mol. The quantitative estimate of drug-likeness (QED) is 0.761. The molecule has 0 radical (unpaired) electrons. The van der Waals surface area contributed by atoms with Gasteiger partial charge in [-0.2, -0.15) is 4.98 Å². The van der Waals surface area contributed by atoms with Crippen LogP contribution in [0.2, 0.25) is 0 Å². The zero-order valence-corrected chi connectivity index (χ0v) is 14.3. The number of aryl methyl sites for hydroxylation is 1. The number of likely N-dealkylation sites (N-methyl/N-ethyl adjacent to an activating group) is 1. The zero-order chi connectivity index (χ0) is 17.1. The maximum atomic E-state index is 12.3. The van der Waals surface area contributed by atoms with E-state index in [9.17, 15) is 9.59 Å². The van der Waals surface area contributed by atoms with Crippen molar-refractivity contribution in [2.75, 3.05) is 45.6 Å². The largest absolute Gasteiger partial charge is 0.354 e. The number of hydrogen-bond donors (Lipinski definition) is 2. The molecule has 0 unspecified atom stereocenters. The molecule has 2 aliphatic rings. The van der Waals surface area contributed by atoms with Gasteiger partial charge in [-0.3, -0.25) is 14.5 Å². The van der Waals surface area contributed by atoms with Gasteiger partial charge in [0.05, 0.1) is 6.54 Å². The first-order chi connectivity index (χ1) is 11.5. The molecule has 132 valence electrons. The van der Waals surface area contributed by atoms with Crippen LogP contribution in [0.25, 0.3) is 0 Å². The van der Waals surface area contributed by atoms with E-state index in [1.54, 1.807) is 23.7 Å². The SMILES string of the molecule is CN(C)C(=O)CN1CCC(NC(=O)c2nc3n(n2)CCCN3)CC1. The maximum Gasteiger partial charge on any atom is 0.291 e. The highest BCUT2D eigenvalue weighted by atomic mass is 16.2. The van der Waals surface area contributed by atoms with Gasteiger partial charge in [-0.25, -0.2) is 4.68 Å². The molecule has 1 aromatic rings. The Morgan fingerprint density at radius 2 is 2.04 bits per heavy atom. The summed E-state index contributed by atoms with van der Waals surface area (Å²) in [5.41, 5.74) is 0. The maximum absolute atomic E-state index is 12.3. The molecular formula is C15H25N7O2. The van der Waals surface area contributed by atoms with Crippen LogP contribution in [-0.4, -0.2) is 82.7 Å². The van der Waals surface area contributed by atoms with Crippen LogP contribution in [-0.2, 0) is 11.3 Å². The van der Waals surface area contributed by atoms with Crippen molar-refractivity contribution in [3.63, 3.8) is 0 Å². The van der Waals surface area contributed by atoms with Gasteiger partial charge in [0.25, 0.3) is 5.91 Å². The minimum Gasteiger partial charge on any atom is -0.354 e. The summed E-state index contributed by atoms with van der Waals surface area (Å²) in [5, 5.41) is 10.4. The van der Waals surface area contributed by atoms with Crippen molar-refractivity contribution >= 4 is 17.8 Å². The monoisotopic (exact) mass is 335 g/mol. The van der Waals surface area contributed by atoms with Crippen molar-refractivity contribution in [3.05, 3.63) is 5.82 Å². The minimum absolute atomic E-state index is 0.108. The minimum atomic E-state index is -0.221. The van der Waals surface area contributed by atoms with Gasteiger partial charge in [-0.15, -0.1) is 5.10 Å². The van der Waals surface area contributed by atoms with Crippen LogP contribution < -0.4 is 10.6 Å². The van der Waals surface area contributed by atoms with Gasteiger partial charge in [0.1, 0.15) is 0 Å². The molecule has 2 aliphatic heterocycles. The lowest BCUT2D eigenvalue weighted by atomic mass is 10.0. The Hall–Kier alpha value is -2.16. The van der Waals surface area contributed by atoms with E-state index in [1.807, 2.05) is 0 Å². The molecule has 0 spiro atoms. The smallest absolute Gasteiger partial charge is 0.291 e. The molecule has 0 bridgehead atoms. The molecule has 3 rings (SSSR count). The predicted octanol–water partition coefficient (Wildman–Crippen LogP) is -0.624. The summed E-state index contributed by atoms with van der Waals surface area (Å²) in [6.07, 6.45) is 2.65. The third kappa shape index (κ3) is 3.84. The van der Waals surface area contributed by atoms with E-state index in [1.165, 1.54) is 0 Å². The Morgan fingerprint density at radius 3 is 2.71 bits per heavy atom. The number of rotatable bonds is 4. The lowest BCUT2D eigenvalue weighted by molar-refractivity contribution is -0.130. The number of piperidine rings is 1. The Balaban J connectivity index is 1.48. The molecule has 0 atom stereocenters. The third-order valence-electron chi connectivity index (χ3n) is 4.49. The van der Waals surface area contributed by atoms with Crippen molar-refractivity contribution in [2.24, 2.45) is 0 Å². The number of aromatic nitrogens is 3. The Bertz CT molecular complexity index is 581. The van der Waals surface area contributed by atoms with Crippen molar-refractivity contribution in [1.82, 2.24) is 29.9 Å². The van der Waals surface area contributed by atoms with E-state index in [0.29, 0.717) is 12.5 Å². The molecule has 3 heterocycles. The first-order valence-corrected chi connectivity index (χ1v) is 8.45. The van der Waals surface area contributed by atoms with E-state index in [-0.39, 0.29) is 23.7 Å². The number of fused-ring (bicyclic) bond motifs is 1. The average molecular weight is 335 g/mol. The molecule has 9 heteroatoms. The fraction of sp³-hybridized carbons (Fsp3) is 0.733. The number of anilines is 1. The van der Waals surface area contributed by atoms with Crippen LogP contribution in [0.1, 0.15) is 29.9 Å². The fourth-order valence-corrected chi connectivity index (χ4v) is 2.97. The number of nitrogens with zero attached hydrogens (tertiary/aromatic N) is 5. The Kier molecular flexibility index (Phi) is 4.98. The highest BCUT2D eigenvalue weighted by Crippen LogP contribution is 2.13. The van der Waals surface area contributed by atoms with Crippen LogP contribution in [0.4, 0.5) is 5.95 Å².